The van der Waals surface area contributed by atoms with E-state index in [2.05, 4.69) is 15.3 Å². The molecule has 6 nitrogen and oxygen atoms in total. The highest BCUT2D eigenvalue weighted by atomic mass is 35.5. The van der Waals surface area contributed by atoms with Crippen LogP contribution in [0.4, 0.5) is 0 Å². The Morgan fingerprint density at radius 2 is 1.91 bits per heavy atom. The van der Waals surface area contributed by atoms with Crippen LogP contribution in [0.3, 0.4) is 0 Å². The molecule has 0 fully saturated rings. The highest BCUT2D eigenvalue weighted by Crippen LogP contribution is 2.27. The SMILES string of the molecule is C[C@H](NC(=O)c1cc(-c2ccc(Cl)c(Cl)c2)ncn1)C(=O)O. The number of benzene rings is 1. The lowest BCUT2D eigenvalue weighted by Gasteiger charge is -2.09. The maximum Gasteiger partial charge on any atom is 0.325 e. The van der Waals surface area contributed by atoms with Gasteiger partial charge in [0.25, 0.3) is 5.91 Å². The molecule has 22 heavy (non-hydrogen) atoms. The molecule has 2 aromatic rings. The first-order valence-corrected chi connectivity index (χ1v) is 6.95. The van der Waals surface area contributed by atoms with Crippen molar-refractivity contribution >= 4 is 35.1 Å². The Kier molecular flexibility index (Phi) is 4.95. The third kappa shape index (κ3) is 3.72. The number of carboxylic acid groups (broad SMARTS) is 1. The van der Waals surface area contributed by atoms with Gasteiger partial charge in [-0.25, -0.2) is 9.97 Å². The third-order valence-electron chi connectivity index (χ3n) is 2.83. The van der Waals surface area contributed by atoms with Crippen LogP contribution in [0.15, 0.2) is 30.6 Å². The number of aromatic nitrogens is 2. The first-order valence-electron chi connectivity index (χ1n) is 6.19. The van der Waals surface area contributed by atoms with Gasteiger partial charge >= 0.3 is 5.97 Å². The van der Waals surface area contributed by atoms with Crippen LogP contribution in [0.25, 0.3) is 11.3 Å². The molecule has 1 heterocycles. The van der Waals surface area contributed by atoms with E-state index in [0.717, 1.165) is 0 Å². The zero-order valence-electron chi connectivity index (χ0n) is 11.4. The Labute approximate surface area is 136 Å². The van der Waals surface area contributed by atoms with Crippen molar-refractivity contribution in [3.63, 3.8) is 0 Å². The summed E-state index contributed by atoms with van der Waals surface area (Å²) in [4.78, 5) is 30.6. The minimum Gasteiger partial charge on any atom is -0.480 e. The minimum atomic E-state index is -1.13. The van der Waals surface area contributed by atoms with Gasteiger partial charge in [0.2, 0.25) is 0 Å². The fourth-order valence-electron chi connectivity index (χ4n) is 1.63. The number of carbonyl (C=O) groups is 2. The van der Waals surface area contributed by atoms with Crippen molar-refractivity contribution in [1.82, 2.24) is 15.3 Å². The molecule has 0 bridgehead atoms. The molecule has 1 amide bonds. The Balaban J connectivity index is 2.28. The number of nitrogens with one attached hydrogen (secondary N) is 1. The number of amides is 1. The van der Waals surface area contributed by atoms with Crippen molar-refractivity contribution in [1.29, 1.82) is 0 Å². The average Bonchev–Trinajstić information content (AvgIpc) is 2.50. The van der Waals surface area contributed by atoms with E-state index < -0.39 is 17.9 Å². The molecule has 1 aromatic carbocycles. The Morgan fingerprint density at radius 3 is 2.55 bits per heavy atom. The van der Waals surface area contributed by atoms with Crippen LogP contribution in [0.1, 0.15) is 17.4 Å². The number of aliphatic carboxylic acids is 1. The molecule has 0 radical (unpaired) electrons. The lowest BCUT2D eigenvalue weighted by molar-refractivity contribution is -0.138. The van der Waals surface area contributed by atoms with Crippen molar-refractivity contribution < 1.29 is 14.7 Å². The molecular weight excluding hydrogens is 329 g/mol. The molecule has 0 saturated carbocycles. The summed E-state index contributed by atoms with van der Waals surface area (Å²) in [6.07, 6.45) is 1.22. The molecule has 0 saturated heterocycles. The van der Waals surface area contributed by atoms with Gasteiger partial charge in [-0.15, -0.1) is 0 Å². The molecular formula is C14H11Cl2N3O3. The average molecular weight is 340 g/mol. The Hall–Kier alpha value is -2.18. The predicted molar refractivity (Wildman–Crippen MR) is 82.1 cm³/mol. The van der Waals surface area contributed by atoms with E-state index in [1.165, 1.54) is 19.3 Å². The number of hydrogen-bond donors (Lipinski definition) is 2. The first kappa shape index (κ1) is 16.2. The van der Waals surface area contributed by atoms with Gasteiger partial charge < -0.3 is 10.4 Å². The largest absolute Gasteiger partial charge is 0.480 e. The highest BCUT2D eigenvalue weighted by Gasteiger charge is 2.17. The monoisotopic (exact) mass is 339 g/mol. The molecule has 0 spiro atoms. The van der Waals surface area contributed by atoms with Gasteiger partial charge in [-0.05, 0) is 25.1 Å². The molecule has 1 aromatic heterocycles. The Bertz CT molecular complexity index is 737. The topological polar surface area (TPSA) is 92.2 Å². The smallest absolute Gasteiger partial charge is 0.325 e. The fraction of sp³-hybridized carbons (Fsp3) is 0.143. The van der Waals surface area contributed by atoms with Gasteiger partial charge in [0.05, 0.1) is 15.7 Å². The molecule has 8 heteroatoms. The summed E-state index contributed by atoms with van der Waals surface area (Å²) in [6, 6.07) is 5.37. The number of carboxylic acids is 1. The summed E-state index contributed by atoms with van der Waals surface area (Å²) in [5.41, 5.74) is 1.20. The number of carbonyl (C=O) groups excluding carboxylic acids is 1. The van der Waals surface area contributed by atoms with E-state index >= 15 is 0 Å². The van der Waals surface area contributed by atoms with Crippen LogP contribution in [-0.2, 0) is 4.79 Å². The second-order valence-corrected chi connectivity index (χ2v) is 5.27. The van der Waals surface area contributed by atoms with Gasteiger partial charge in [0.1, 0.15) is 18.1 Å². The quantitative estimate of drug-likeness (QED) is 0.893. The zero-order valence-corrected chi connectivity index (χ0v) is 12.9. The summed E-state index contributed by atoms with van der Waals surface area (Å²) in [5, 5.41) is 11.9. The minimum absolute atomic E-state index is 0.0594. The van der Waals surface area contributed by atoms with E-state index in [0.29, 0.717) is 21.3 Å². The lowest BCUT2D eigenvalue weighted by atomic mass is 10.1. The van der Waals surface area contributed by atoms with E-state index in [-0.39, 0.29) is 5.69 Å². The number of hydrogen-bond acceptors (Lipinski definition) is 4. The van der Waals surface area contributed by atoms with Crippen LogP contribution >= 0.6 is 23.2 Å². The number of nitrogens with zero attached hydrogens (tertiary/aromatic N) is 2. The fourth-order valence-corrected chi connectivity index (χ4v) is 1.93. The van der Waals surface area contributed by atoms with E-state index in [1.54, 1.807) is 18.2 Å². The van der Waals surface area contributed by atoms with Crippen LogP contribution < -0.4 is 5.32 Å². The van der Waals surface area contributed by atoms with Crippen molar-refractivity contribution in [3.05, 3.63) is 46.3 Å². The summed E-state index contributed by atoms with van der Waals surface area (Å²) < 4.78 is 0. The van der Waals surface area contributed by atoms with Crippen molar-refractivity contribution in [2.24, 2.45) is 0 Å². The summed E-state index contributed by atoms with van der Waals surface area (Å²) in [7, 11) is 0. The van der Waals surface area contributed by atoms with Crippen molar-refractivity contribution in [3.8, 4) is 11.3 Å². The maximum atomic E-state index is 12.0. The number of halogens is 2. The second kappa shape index (κ2) is 6.72. The standard InChI is InChI=1S/C14H11Cl2N3O3/c1-7(14(21)22)19-13(20)12-5-11(17-6-18-12)8-2-3-9(15)10(16)4-8/h2-7H,1H3,(H,19,20)(H,21,22)/t7-/m0/s1. The van der Waals surface area contributed by atoms with Crippen molar-refractivity contribution in [2.45, 2.75) is 13.0 Å². The predicted octanol–water partition coefficient (Wildman–Crippen LogP) is 2.65. The van der Waals surface area contributed by atoms with Gasteiger partial charge in [-0.3, -0.25) is 9.59 Å². The lowest BCUT2D eigenvalue weighted by Crippen LogP contribution is -2.38. The van der Waals surface area contributed by atoms with Gasteiger partial charge in [0.15, 0.2) is 0 Å². The molecule has 0 aliphatic carbocycles. The van der Waals surface area contributed by atoms with Crippen LogP contribution in [0.5, 0.6) is 0 Å². The molecule has 1 atom stereocenters. The second-order valence-electron chi connectivity index (χ2n) is 4.45. The number of rotatable bonds is 4. The summed E-state index contributed by atoms with van der Waals surface area (Å²) in [5.74, 6) is -1.73. The van der Waals surface area contributed by atoms with Gasteiger partial charge in [0, 0.05) is 5.56 Å². The zero-order chi connectivity index (χ0) is 16.3. The molecule has 2 N–H and O–H groups in total. The first-order chi connectivity index (χ1) is 10.4. The highest BCUT2D eigenvalue weighted by molar-refractivity contribution is 6.42. The molecule has 0 aliphatic rings. The van der Waals surface area contributed by atoms with E-state index in [1.807, 2.05) is 0 Å². The van der Waals surface area contributed by atoms with Crippen LogP contribution in [0.2, 0.25) is 10.0 Å². The van der Waals surface area contributed by atoms with Gasteiger partial charge in [-0.1, -0.05) is 29.3 Å². The Morgan fingerprint density at radius 1 is 1.18 bits per heavy atom. The molecule has 114 valence electrons. The van der Waals surface area contributed by atoms with E-state index in [4.69, 9.17) is 28.3 Å². The van der Waals surface area contributed by atoms with Crippen LogP contribution in [0, 0.1) is 0 Å². The molecule has 0 aliphatic heterocycles. The molecule has 2 rings (SSSR count). The summed E-state index contributed by atoms with van der Waals surface area (Å²) >= 11 is 11.8. The molecule has 0 unspecified atom stereocenters. The normalized spacial score (nSPS) is 11.8. The third-order valence-corrected chi connectivity index (χ3v) is 3.57. The van der Waals surface area contributed by atoms with E-state index in [9.17, 15) is 9.59 Å². The van der Waals surface area contributed by atoms with Gasteiger partial charge in [-0.2, -0.15) is 0 Å². The van der Waals surface area contributed by atoms with Crippen LogP contribution in [-0.4, -0.2) is 33.0 Å². The van der Waals surface area contributed by atoms with Crippen molar-refractivity contribution in [2.75, 3.05) is 0 Å². The summed E-state index contributed by atoms with van der Waals surface area (Å²) in [6.45, 7) is 1.36. The maximum absolute atomic E-state index is 12.0.